The van der Waals surface area contributed by atoms with Gasteiger partial charge >= 0.3 is 0 Å². The third-order valence-corrected chi connectivity index (χ3v) is 8.95. The second-order valence-electron chi connectivity index (χ2n) is 11.6. The number of benzene rings is 7. The molecular formula is C43H28N2O. The molecule has 216 valence electrons. The largest absolute Gasteiger partial charge is 0.456 e. The fraction of sp³-hybridized carbons (Fsp3) is 0. The first-order valence-corrected chi connectivity index (χ1v) is 15.5. The molecule has 0 aliphatic rings. The molecule has 0 aliphatic heterocycles. The molecule has 3 heteroatoms. The number of hydrogen-bond donors (Lipinski definition) is 0. The summed E-state index contributed by atoms with van der Waals surface area (Å²) in [5.74, 6) is 0. The van der Waals surface area contributed by atoms with E-state index in [1.807, 2.05) is 18.3 Å². The summed E-state index contributed by atoms with van der Waals surface area (Å²) >= 11 is 0. The van der Waals surface area contributed by atoms with E-state index in [4.69, 9.17) is 4.42 Å². The molecule has 0 atom stereocenters. The van der Waals surface area contributed by atoms with Gasteiger partial charge in [0.2, 0.25) is 0 Å². The van der Waals surface area contributed by atoms with Crippen LogP contribution in [-0.2, 0) is 0 Å². The summed E-state index contributed by atoms with van der Waals surface area (Å²) in [7, 11) is 0. The maximum atomic E-state index is 6.28. The first-order valence-electron chi connectivity index (χ1n) is 15.5. The molecule has 7 aromatic carbocycles. The zero-order valence-electron chi connectivity index (χ0n) is 25.0. The van der Waals surface area contributed by atoms with Crippen molar-refractivity contribution in [2.24, 2.45) is 0 Å². The van der Waals surface area contributed by atoms with Gasteiger partial charge in [0, 0.05) is 29.2 Å². The van der Waals surface area contributed by atoms with Crippen LogP contribution in [0.25, 0.3) is 65.7 Å². The van der Waals surface area contributed by atoms with Gasteiger partial charge in [-0.2, -0.15) is 0 Å². The van der Waals surface area contributed by atoms with Crippen LogP contribution < -0.4 is 4.90 Å². The van der Waals surface area contributed by atoms with E-state index < -0.39 is 0 Å². The lowest BCUT2D eigenvalue weighted by atomic mass is 9.93. The second kappa shape index (κ2) is 10.8. The summed E-state index contributed by atoms with van der Waals surface area (Å²) in [6.07, 6.45) is 3.68. The summed E-state index contributed by atoms with van der Waals surface area (Å²) in [5, 5.41) is 7.09. The van der Waals surface area contributed by atoms with Gasteiger partial charge in [0.25, 0.3) is 0 Å². The molecule has 9 rings (SSSR count). The molecular weight excluding hydrogens is 560 g/mol. The number of pyridine rings is 1. The number of fused-ring (bicyclic) bond motifs is 6. The van der Waals surface area contributed by atoms with E-state index in [1.54, 1.807) is 6.20 Å². The minimum absolute atomic E-state index is 0.829. The van der Waals surface area contributed by atoms with E-state index in [0.29, 0.717) is 0 Å². The van der Waals surface area contributed by atoms with Gasteiger partial charge in [0.1, 0.15) is 11.2 Å². The Morgan fingerprint density at radius 1 is 0.457 bits per heavy atom. The van der Waals surface area contributed by atoms with Crippen LogP contribution in [0.1, 0.15) is 0 Å². The molecule has 0 bridgehead atoms. The van der Waals surface area contributed by atoms with Crippen LogP contribution in [-0.4, -0.2) is 4.98 Å². The third-order valence-electron chi connectivity index (χ3n) is 8.95. The van der Waals surface area contributed by atoms with Crippen LogP contribution in [0.4, 0.5) is 17.1 Å². The Morgan fingerprint density at radius 3 is 1.89 bits per heavy atom. The van der Waals surface area contributed by atoms with Gasteiger partial charge < -0.3 is 9.32 Å². The van der Waals surface area contributed by atoms with Crippen LogP contribution in [0, 0.1) is 0 Å². The normalized spacial score (nSPS) is 11.5. The molecule has 0 amide bonds. The predicted octanol–water partition coefficient (Wildman–Crippen LogP) is 12.1. The van der Waals surface area contributed by atoms with Crippen molar-refractivity contribution in [1.29, 1.82) is 0 Å². The van der Waals surface area contributed by atoms with E-state index in [2.05, 4.69) is 155 Å². The summed E-state index contributed by atoms with van der Waals surface area (Å²) in [6, 6.07) is 56.1. The molecule has 0 saturated carbocycles. The summed E-state index contributed by atoms with van der Waals surface area (Å²) in [4.78, 5) is 6.76. The lowest BCUT2D eigenvalue weighted by molar-refractivity contribution is 0.668. The molecule has 0 aliphatic carbocycles. The SMILES string of the molecule is c1ccc(-c2ccc(N(c3ccc(-c4cc5ccccc5c5ccccc45)cc3)c3cccc4oc5ccncc5c34)cc2)cc1. The van der Waals surface area contributed by atoms with E-state index in [1.165, 1.54) is 43.8 Å². The van der Waals surface area contributed by atoms with Crippen molar-refractivity contribution in [3.8, 4) is 22.3 Å². The lowest BCUT2D eigenvalue weighted by Gasteiger charge is -2.26. The molecule has 3 nitrogen and oxygen atoms in total. The van der Waals surface area contributed by atoms with Crippen LogP contribution in [0.3, 0.4) is 0 Å². The van der Waals surface area contributed by atoms with Crippen LogP contribution in [0.5, 0.6) is 0 Å². The monoisotopic (exact) mass is 588 g/mol. The van der Waals surface area contributed by atoms with Crippen LogP contribution in [0.2, 0.25) is 0 Å². The van der Waals surface area contributed by atoms with Gasteiger partial charge in [0.15, 0.2) is 0 Å². The average Bonchev–Trinajstić information content (AvgIpc) is 3.52. The van der Waals surface area contributed by atoms with E-state index >= 15 is 0 Å². The highest BCUT2D eigenvalue weighted by molar-refractivity contribution is 6.14. The maximum absolute atomic E-state index is 6.28. The number of furan rings is 1. The highest BCUT2D eigenvalue weighted by atomic mass is 16.3. The molecule has 9 aromatic rings. The van der Waals surface area contributed by atoms with Crippen molar-refractivity contribution < 1.29 is 4.42 Å². The Morgan fingerprint density at radius 2 is 1.11 bits per heavy atom. The molecule has 0 radical (unpaired) electrons. The Kier molecular flexibility index (Phi) is 6.14. The quantitative estimate of drug-likeness (QED) is 0.187. The minimum atomic E-state index is 0.829. The smallest absolute Gasteiger partial charge is 0.138 e. The zero-order chi connectivity index (χ0) is 30.5. The average molecular weight is 589 g/mol. The van der Waals surface area contributed by atoms with Crippen molar-refractivity contribution in [2.45, 2.75) is 0 Å². The van der Waals surface area contributed by atoms with Crippen molar-refractivity contribution in [2.75, 3.05) is 4.90 Å². The maximum Gasteiger partial charge on any atom is 0.138 e. The second-order valence-corrected chi connectivity index (χ2v) is 11.6. The molecule has 0 unspecified atom stereocenters. The van der Waals surface area contributed by atoms with Crippen LogP contribution >= 0.6 is 0 Å². The molecule has 46 heavy (non-hydrogen) atoms. The summed E-state index contributed by atoms with van der Waals surface area (Å²) in [6.45, 7) is 0. The number of hydrogen-bond acceptors (Lipinski definition) is 3. The first-order chi connectivity index (χ1) is 22.8. The van der Waals surface area contributed by atoms with Gasteiger partial charge in [-0.25, -0.2) is 0 Å². The topological polar surface area (TPSA) is 29.3 Å². The first kappa shape index (κ1) is 26.2. The van der Waals surface area contributed by atoms with Crippen molar-refractivity contribution in [3.05, 3.63) is 170 Å². The van der Waals surface area contributed by atoms with Gasteiger partial charge in [-0.05, 0) is 92.3 Å². The predicted molar refractivity (Wildman–Crippen MR) is 192 cm³/mol. The van der Waals surface area contributed by atoms with Crippen LogP contribution in [0.15, 0.2) is 175 Å². The molecule has 0 fully saturated rings. The fourth-order valence-electron chi connectivity index (χ4n) is 6.78. The van der Waals surface area contributed by atoms with Crippen molar-refractivity contribution >= 4 is 60.5 Å². The standard InChI is InChI=1S/C43H28N2O/c1-2-9-29(10-3-1)30-17-21-33(22-18-30)45(40-15-8-16-42-43(40)39-28-44-26-25-41(39)46-42)34-23-19-31(20-24-34)38-27-32-11-4-5-12-35(32)36-13-6-7-14-37(36)38/h1-28H. The Hall–Kier alpha value is -6.19. The summed E-state index contributed by atoms with van der Waals surface area (Å²) < 4.78 is 6.28. The molecule has 0 saturated heterocycles. The van der Waals surface area contributed by atoms with E-state index in [0.717, 1.165) is 39.0 Å². The van der Waals surface area contributed by atoms with Gasteiger partial charge in [-0.15, -0.1) is 0 Å². The lowest BCUT2D eigenvalue weighted by Crippen LogP contribution is -2.10. The number of aromatic nitrogens is 1. The number of nitrogens with zero attached hydrogens (tertiary/aromatic N) is 2. The summed E-state index contributed by atoms with van der Waals surface area (Å²) in [5.41, 5.74) is 9.62. The zero-order valence-corrected chi connectivity index (χ0v) is 25.0. The van der Waals surface area contributed by atoms with E-state index in [9.17, 15) is 0 Å². The Bertz CT molecular complexity index is 2510. The highest BCUT2D eigenvalue weighted by Gasteiger charge is 2.20. The van der Waals surface area contributed by atoms with Crippen molar-refractivity contribution in [1.82, 2.24) is 4.98 Å². The number of rotatable bonds is 5. The van der Waals surface area contributed by atoms with Gasteiger partial charge in [-0.3, -0.25) is 4.98 Å². The molecule has 0 spiro atoms. The third kappa shape index (κ3) is 4.33. The highest BCUT2D eigenvalue weighted by Crippen LogP contribution is 2.44. The van der Waals surface area contributed by atoms with Gasteiger partial charge in [0.05, 0.1) is 11.1 Å². The number of anilines is 3. The van der Waals surface area contributed by atoms with Gasteiger partial charge in [-0.1, -0.05) is 109 Å². The molecule has 2 heterocycles. The molecule has 2 aromatic heterocycles. The Balaban J connectivity index is 1.22. The fourth-order valence-corrected chi connectivity index (χ4v) is 6.78. The van der Waals surface area contributed by atoms with E-state index in [-0.39, 0.29) is 0 Å². The molecule has 0 N–H and O–H groups in total. The Labute approximate surface area is 266 Å². The van der Waals surface area contributed by atoms with Crippen molar-refractivity contribution in [3.63, 3.8) is 0 Å². The minimum Gasteiger partial charge on any atom is -0.456 e.